The monoisotopic (exact) mass is 445 g/mol. The molecule has 0 saturated carbocycles. The number of thiazole rings is 1. The van der Waals surface area contributed by atoms with E-state index in [0.29, 0.717) is 12.2 Å². The van der Waals surface area contributed by atoms with Gasteiger partial charge in [0, 0.05) is 27.8 Å². The highest BCUT2D eigenvalue weighted by Gasteiger charge is 2.13. The van der Waals surface area contributed by atoms with Crippen molar-refractivity contribution in [2.24, 2.45) is 0 Å². The third kappa shape index (κ3) is 6.14. The number of halogens is 3. The van der Waals surface area contributed by atoms with Gasteiger partial charge in [0.2, 0.25) is 0 Å². The average Bonchev–Trinajstić information content (AvgIpc) is 3.04. The van der Waals surface area contributed by atoms with Crippen molar-refractivity contribution in [1.82, 2.24) is 15.6 Å². The number of carbonyl (C=O) groups is 1. The van der Waals surface area contributed by atoms with Crippen LogP contribution in [0.5, 0.6) is 0 Å². The summed E-state index contributed by atoms with van der Waals surface area (Å²) in [7, 11) is 0. The van der Waals surface area contributed by atoms with Crippen molar-refractivity contribution in [2.45, 2.75) is 19.9 Å². The zero-order chi connectivity index (χ0) is 14.5. The topological polar surface area (TPSA) is 54.0 Å². The highest BCUT2D eigenvalue weighted by atomic mass is 79.9. The van der Waals surface area contributed by atoms with Gasteiger partial charge in [-0.05, 0) is 35.5 Å². The number of amides is 1. The van der Waals surface area contributed by atoms with Gasteiger partial charge in [-0.15, -0.1) is 47.5 Å². The van der Waals surface area contributed by atoms with E-state index in [4.69, 9.17) is 0 Å². The van der Waals surface area contributed by atoms with Gasteiger partial charge in [-0.25, -0.2) is 4.98 Å². The molecule has 0 fully saturated rings. The van der Waals surface area contributed by atoms with E-state index < -0.39 is 0 Å². The summed E-state index contributed by atoms with van der Waals surface area (Å²) in [6, 6.07) is 2.27. The summed E-state index contributed by atoms with van der Waals surface area (Å²) >= 11 is 6.52. The highest BCUT2D eigenvalue weighted by Crippen LogP contribution is 2.31. The van der Waals surface area contributed by atoms with Crippen molar-refractivity contribution >= 4 is 69.3 Å². The molecule has 2 heterocycles. The predicted molar refractivity (Wildman–Crippen MR) is 103 cm³/mol. The maximum Gasteiger partial charge on any atom is 0.270 e. The molecule has 1 atom stereocenters. The summed E-state index contributed by atoms with van der Waals surface area (Å²) in [5.74, 6) is -0.118. The van der Waals surface area contributed by atoms with Crippen LogP contribution >= 0.6 is 63.4 Å². The van der Waals surface area contributed by atoms with E-state index in [9.17, 15) is 4.79 Å². The molecule has 0 aliphatic heterocycles. The molecule has 124 valence electrons. The molecule has 2 rings (SSSR count). The Kier molecular flexibility index (Phi) is 10.5. The molecule has 22 heavy (non-hydrogen) atoms. The molecule has 0 bridgehead atoms. The molecule has 2 N–H and O–H groups in total. The quantitative estimate of drug-likeness (QED) is 0.698. The number of rotatable bonds is 6. The van der Waals surface area contributed by atoms with E-state index in [-0.39, 0.29) is 36.8 Å². The van der Waals surface area contributed by atoms with Crippen molar-refractivity contribution in [2.75, 3.05) is 13.1 Å². The number of aromatic nitrogens is 1. The third-order valence-corrected chi connectivity index (χ3v) is 5.34. The Morgan fingerprint density at radius 2 is 2.09 bits per heavy atom. The highest BCUT2D eigenvalue weighted by molar-refractivity contribution is 9.10. The van der Waals surface area contributed by atoms with Crippen molar-refractivity contribution in [3.63, 3.8) is 0 Å². The normalized spacial score (nSPS) is 11.2. The molecular formula is C13H18BrCl2N3OS2. The van der Waals surface area contributed by atoms with Crippen LogP contribution in [-0.4, -0.2) is 30.0 Å². The summed E-state index contributed by atoms with van der Waals surface area (Å²) in [6.45, 7) is 5.58. The fraction of sp³-hybridized carbons (Fsp3) is 0.385. The lowest BCUT2D eigenvalue weighted by molar-refractivity contribution is 0.0946. The second-order valence-corrected chi connectivity index (χ2v) is 7.02. The number of nitrogens with zero attached hydrogens (tertiary/aromatic N) is 1. The summed E-state index contributed by atoms with van der Waals surface area (Å²) in [5, 5.41) is 10.8. The van der Waals surface area contributed by atoms with Gasteiger partial charge in [-0.3, -0.25) is 4.79 Å². The van der Waals surface area contributed by atoms with E-state index in [0.717, 1.165) is 20.9 Å². The SMILES string of the molecule is CCN[C@H](C)CNC(=O)c1csc(-c2cc(Br)cs2)n1.Cl.Cl. The van der Waals surface area contributed by atoms with Crippen LogP contribution in [0.3, 0.4) is 0 Å². The second-order valence-electron chi connectivity index (χ2n) is 4.34. The number of hydrogen-bond donors (Lipinski definition) is 2. The number of hydrogen-bond acceptors (Lipinski definition) is 5. The van der Waals surface area contributed by atoms with E-state index in [1.54, 1.807) is 16.7 Å². The van der Waals surface area contributed by atoms with Gasteiger partial charge in [0.15, 0.2) is 0 Å². The summed E-state index contributed by atoms with van der Waals surface area (Å²) in [4.78, 5) is 17.5. The number of likely N-dealkylation sites (N-methyl/N-ethyl adjacent to an activating group) is 1. The van der Waals surface area contributed by atoms with E-state index in [2.05, 4.69) is 31.5 Å². The molecular weight excluding hydrogens is 429 g/mol. The lowest BCUT2D eigenvalue weighted by Gasteiger charge is -2.12. The van der Waals surface area contributed by atoms with Crippen molar-refractivity contribution in [3.8, 4) is 9.88 Å². The van der Waals surface area contributed by atoms with Crippen molar-refractivity contribution in [3.05, 3.63) is 27.0 Å². The Bertz CT molecular complexity index is 591. The Labute approximate surface area is 159 Å². The van der Waals surface area contributed by atoms with Gasteiger partial charge >= 0.3 is 0 Å². The molecule has 0 unspecified atom stereocenters. The molecule has 2 aromatic heterocycles. The summed E-state index contributed by atoms with van der Waals surface area (Å²) in [6.07, 6.45) is 0. The standard InChI is InChI=1S/C13H16BrN3OS2.2ClH/c1-3-15-8(2)5-16-12(18)10-7-20-13(17-10)11-4-9(14)6-19-11;;/h4,6-8,15H,3,5H2,1-2H3,(H,16,18);2*1H/t8-;;/m1../s1. The van der Waals surface area contributed by atoms with Crippen molar-refractivity contribution < 1.29 is 4.79 Å². The summed E-state index contributed by atoms with van der Waals surface area (Å²) < 4.78 is 1.04. The van der Waals surface area contributed by atoms with Gasteiger partial charge in [0.25, 0.3) is 5.91 Å². The lowest BCUT2D eigenvalue weighted by Crippen LogP contribution is -2.38. The first-order valence-electron chi connectivity index (χ1n) is 6.31. The van der Waals surface area contributed by atoms with Crippen LogP contribution in [0.15, 0.2) is 21.3 Å². The molecule has 2 aromatic rings. The number of carbonyl (C=O) groups excluding carboxylic acids is 1. The van der Waals surface area contributed by atoms with Crippen LogP contribution in [0.1, 0.15) is 24.3 Å². The molecule has 9 heteroatoms. The minimum Gasteiger partial charge on any atom is -0.349 e. The molecule has 0 aliphatic rings. The van der Waals surface area contributed by atoms with Gasteiger partial charge < -0.3 is 10.6 Å². The van der Waals surface area contributed by atoms with Crippen LogP contribution in [0.25, 0.3) is 9.88 Å². The molecule has 0 aliphatic carbocycles. The van der Waals surface area contributed by atoms with Crippen LogP contribution in [0, 0.1) is 0 Å². The van der Waals surface area contributed by atoms with E-state index in [1.165, 1.54) is 11.3 Å². The predicted octanol–water partition coefficient (Wildman–Crippen LogP) is 4.21. The minimum atomic E-state index is -0.118. The fourth-order valence-electron chi connectivity index (χ4n) is 1.67. The van der Waals surface area contributed by atoms with Gasteiger partial charge in [0.05, 0.1) is 4.88 Å². The summed E-state index contributed by atoms with van der Waals surface area (Å²) in [5.41, 5.74) is 0.484. The first-order chi connectivity index (χ1) is 9.60. The maximum atomic E-state index is 12.0. The van der Waals surface area contributed by atoms with Gasteiger partial charge in [-0.2, -0.15) is 0 Å². The zero-order valence-electron chi connectivity index (χ0n) is 12.1. The third-order valence-electron chi connectivity index (χ3n) is 2.64. The first-order valence-corrected chi connectivity index (χ1v) is 8.87. The van der Waals surface area contributed by atoms with Crippen LogP contribution < -0.4 is 10.6 Å². The average molecular weight is 447 g/mol. The minimum absolute atomic E-state index is 0. The largest absolute Gasteiger partial charge is 0.349 e. The zero-order valence-corrected chi connectivity index (χ0v) is 16.9. The van der Waals surface area contributed by atoms with E-state index in [1.807, 2.05) is 25.3 Å². The Morgan fingerprint density at radius 1 is 1.36 bits per heavy atom. The Hall–Kier alpha value is -0.180. The van der Waals surface area contributed by atoms with E-state index >= 15 is 0 Å². The molecule has 4 nitrogen and oxygen atoms in total. The molecule has 0 radical (unpaired) electrons. The Morgan fingerprint density at radius 3 is 2.68 bits per heavy atom. The Balaban J connectivity index is 0.00000220. The molecule has 1 amide bonds. The van der Waals surface area contributed by atoms with Gasteiger partial charge in [-0.1, -0.05) is 6.92 Å². The van der Waals surface area contributed by atoms with Crippen LogP contribution in [0.2, 0.25) is 0 Å². The van der Waals surface area contributed by atoms with Gasteiger partial charge in [0.1, 0.15) is 10.7 Å². The van der Waals surface area contributed by atoms with Crippen LogP contribution in [0.4, 0.5) is 0 Å². The van der Waals surface area contributed by atoms with Crippen molar-refractivity contribution in [1.29, 1.82) is 0 Å². The fourth-order valence-corrected chi connectivity index (χ4v) is 3.98. The smallest absolute Gasteiger partial charge is 0.270 e. The molecule has 0 aromatic carbocycles. The molecule has 0 saturated heterocycles. The van der Waals surface area contributed by atoms with Crippen LogP contribution in [-0.2, 0) is 0 Å². The maximum absolute atomic E-state index is 12.0. The molecule has 0 spiro atoms. The number of nitrogens with one attached hydrogen (secondary N) is 2. The first kappa shape index (κ1) is 21.8. The lowest BCUT2D eigenvalue weighted by atomic mass is 10.3. The second kappa shape index (κ2) is 10.6. The number of thiophene rings is 1.